The second-order valence-electron chi connectivity index (χ2n) is 4.67. The number of ether oxygens (including phenoxy) is 1. The molecule has 4 nitrogen and oxygen atoms in total. The molecule has 1 aromatic carbocycles. The van der Waals surface area contributed by atoms with E-state index in [9.17, 15) is 0 Å². The Hall–Kier alpha value is -0.880. The number of nitrogens with zero attached hydrogens (tertiary/aromatic N) is 2. The molecule has 2 aromatic rings. The van der Waals surface area contributed by atoms with Crippen molar-refractivity contribution >= 4 is 34.9 Å². The number of benzene rings is 1. The maximum atomic E-state index is 6.17. The van der Waals surface area contributed by atoms with Crippen molar-refractivity contribution < 1.29 is 4.74 Å². The van der Waals surface area contributed by atoms with Gasteiger partial charge in [-0.05, 0) is 24.4 Å². The third kappa shape index (κ3) is 2.69. The molecule has 1 aliphatic rings. The standard InChI is InChI=1S/C13H16ClN3OS/c14-10-2-1-3-11-12(10)15-13(19)17(11)5-4-16-6-8-18-9-7-16/h1-3H,4-9H2,(H,15,19). The Morgan fingerprint density at radius 2 is 2.05 bits per heavy atom. The summed E-state index contributed by atoms with van der Waals surface area (Å²) in [6.45, 7) is 5.50. The Kier molecular flexibility index (Phi) is 3.88. The van der Waals surface area contributed by atoms with Crippen molar-refractivity contribution in [3.05, 3.63) is 28.0 Å². The number of aromatic nitrogens is 2. The highest BCUT2D eigenvalue weighted by atomic mass is 35.5. The molecule has 1 aromatic heterocycles. The minimum absolute atomic E-state index is 0.716. The molecule has 19 heavy (non-hydrogen) atoms. The first-order chi connectivity index (χ1) is 9.25. The minimum Gasteiger partial charge on any atom is -0.379 e. The van der Waals surface area contributed by atoms with Crippen LogP contribution in [-0.2, 0) is 11.3 Å². The number of para-hydroxylation sites is 1. The van der Waals surface area contributed by atoms with Gasteiger partial charge in [0.05, 0.1) is 29.3 Å². The van der Waals surface area contributed by atoms with Crippen LogP contribution < -0.4 is 0 Å². The van der Waals surface area contributed by atoms with Gasteiger partial charge in [0.25, 0.3) is 0 Å². The van der Waals surface area contributed by atoms with Crippen LogP contribution in [0.15, 0.2) is 18.2 Å². The van der Waals surface area contributed by atoms with Crippen molar-refractivity contribution in [3.8, 4) is 0 Å². The first kappa shape index (κ1) is 13.1. The monoisotopic (exact) mass is 297 g/mol. The zero-order valence-corrected chi connectivity index (χ0v) is 12.1. The molecule has 0 unspecified atom stereocenters. The molecule has 0 amide bonds. The summed E-state index contributed by atoms with van der Waals surface area (Å²) in [6.07, 6.45) is 0. The van der Waals surface area contributed by atoms with Gasteiger partial charge in [-0.2, -0.15) is 0 Å². The van der Waals surface area contributed by atoms with E-state index >= 15 is 0 Å². The first-order valence-electron chi connectivity index (χ1n) is 6.43. The highest BCUT2D eigenvalue weighted by molar-refractivity contribution is 7.71. The highest BCUT2D eigenvalue weighted by Crippen LogP contribution is 2.22. The minimum atomic E-state index is 0.716. The average molecular weight is 298 g/mol. The predicted octanol–water partition coefficient (Wildman–Crippen LogP) is 2.68. The fraction of sp³-hybridized carbons (Fsp3) is 0.462. The molecule has 0 radical (unpaired) electrons. The van der Waals surface area contributed by atoms with Gasteiger partial charge in [-0.1, -0.05) is 17.7 Å². The largest absolute Gasteiger partial charge is 0.379 e. The summed E-state index contributed by atoms with van der Waals surface area (Å²) in [5.41, 5.74) is 2.00. The van der Waals surface area contributed by atoms with E-state index in [0.717, 1.165) is 55.2 Å². The van der Waals surface area contributed by atoms with Crippen LogP contribution in [0.5, 0.6) is 0 Å². The quantitative estimate of drug-likeness (QED) is 0.884. The molecule has 0 saturated carbocycles. The maximum Gasteiger partial charge on any atom is 0.178 e. The molecular weight excluding hydrogens is 282 g/mol. The fourth-order valence-electron chi connectivity index (χ4n) is 2.43. The zero-order valence-electron chi connectivity index (χ0n) is 10.6. The van der Waals surface area contributed by atoms with E-state index in [0.29, 0.717) is 5.02 Å². The molecule has 3 rings (SSSR count). The molecule has 1 fully saturated rings. The van der Waals surface area contributed by atoms with Crippen LogP contribution in [0.4, 0.5) is 0 Å². The topological polar surface area (TPSA) is 33.2 Å². The number of rotatable bonds is 3. The Balaban J connectivity index is 1.82. The lowest BCUT2D eigenvalue weighted by Crippen LogP contribution is -2.38. The van der Waals surface area contributed by atoms with E-state index < -0.39 is 0 Å². The van der Waals surface area contributed by atoms with Gasteiger partial charge in [0.1, 0.15) is 0 Å². The Bertz CT molecular complexity index is 630. The molecule has 102 valence electrons. The van der Waals surface area contributed by atoms with Crippen molar-refractivity contribution in [2.75, 3.05) is 32.8 Å². The smallest absolute Gasteiger partial charge is 0.178 e. The van der Waals surface area contributed by atoms with Gasteiger partial charge < -0.3 is 14.3 Å². The summed E-state index contributed by atoms with van der Waals surface area (Å²) >= 11 is 11.6. The van der Waals surface area contributed by atoms with E-state index in [4.69, 9.17) is 28.6 Å². The summed E-state index contributed by atoms with van der Waals surface area (Å²) in [5.74, 6) is 0. The summed E-state index contributed by atoms with van der Waals surface area (Å²) in [5, 5.41) is 0.716. The number of hydrogen-bond donors (Lipinski definition) is 1. The van der Waals surface area contributed by atoms with Crippen LogP contribution in [0.1, 0.15) is 0 Å². The van der Waals surface area contributed by atoms with E-state index in [1.807, 2.05) is 18.2 Å². The highest BCUT2D eigenvalue weighted by Gasteiger charge is 2.12. The normalized spacial score (nSPS) is 17.1. The number of fused-ring (bicyclic) bond motifs is 1. The average Bonchev–Trinajstić information content (AvgIpc) is 2.75. The number of morpholine rings is 1. The van der Waals surface area contributed by atoms with Crippen molar-refractivity contribution in [1.82, 2.24) is 14.5 Å². The number of aromatic amines is 1. The SMILES string of the molecule is S=c1[nH]c2c(Cl)cccc2n1CCN1CCOCC1. The van der Waals surface area contributed by atoms with Gasteiger partial charge in [-0.15, -0.1) is 0 Å². The van der Waals surface area contributed by atoms with Gasteiger partial charge in [0.15, 0.2) is 4.77 Å². The summed E-state index contributed by atoms with van der Waals surface area (Å²) < 4.78 is 8.20. The lowest BCUT2D eigenvalue weighted by molar-refractivity contribution is 0.0365. The molecular formula is C13H16ClN3OS. The molecule has 6 heteroatoms. The second-order valence-corrected chi connectivity index (χ2v) is 5.46. The van der Waals surface area contributed by atoms with Gasteiger partial charge in [0, 0.05) is 26.2 Å². The van der Waals surface area contributed by atoms with Crippen molar-refractivity contribution in [2.24, 2.45) is 0 Å². The van der Waals surface area contributed by atoms with Crippen LogP contribution in [-0.4, -0.2) is 47.3 Å². The molecule has 1 N–H and O–H groups in total. The number of nitrogens with one attached hydrogen (secondary N) is 1. The number of H-pyrrole nitrogens is 1. The first-order valence-corrected chi connectivity index (χ1v) is 7.21. The lowest BCUT2D eigenvalue weighted by Gasteiger charge is -2.26. The van der Waals surface area contributed by atoms with Gasteiger partial charge in [-0.3, -0.25) is 4.90 Å². The van der Waals surface area contributed by atoms with E-state index in [2.05, 4.69) is 14.5 Å². The zero-order chi connectivity index (χ0) is 13.2. The predicted molar refractivity (Wildman–Crippen MR) is 79.4 cm³/mol. The van der Waals surface area contributed by atoms with Gasteiger partial charge >= 0.3 is 0 Å². The van der Waals surface area contributed by atoms with Crippen LogP contribution in [0.3, 0.4) is 0 Å². The third-order valence-corrected chi connectivity index (χ3v) is 4.14. The number of imidazole rings is 1. The van der Waals surface area contributed by atoms with Crippen molar-refractivity contribution in [1.29, 1.82) is 0 Å². The van der Waals surface area contributed by atoms with Crippen molar-refractivity contribution in [3.63, 3.8) is 0 Å². The maximum absolute atomic E-state index is 6.17. The molecule has 2 heterocycles. The van der Waals surface area contributed by atoms with Crippen LogP contribution >= 0.6 is 23.8 Å². The number of halogens is 1. The van der Waals surface area contributed by atoms with Crippen LogP contribution in [0.2, 0.25) is 5.02 Å². The molecule has 0 aliphatic carbocycles. The van der Waals surface area contributed by atoms with E-state index in [1.54, 1.807) is 0 Å². The molecule has 0 atom stereocenters. The summed E-state index contributed by atoms with van der Waals surface area (Å²) in [6, 6.07) is 5.88. The second kappa shape index (κ2) is 5.63. The number of hydrogen-bond acceptors (Lipinski definition) is 3. The molecule has 1 saturated heterocycles. The van der Waals surface area contributed by atoms with E-state index in [1.165, 1.54) is 0 Å². The Morgan fingerprint density at radius 1 is 1.26 bits per heavy atom. The lowest BCUT2D eigenvalue weighted by atomic mass is 10.3. The molecule has 1 aliphatic heterocycles. The van der Waals surface area contributed by atoms with Crippen LogP contribution in [0, 0.1) is 4.77 Å². The fourth-order valence-corrected chi connectivity index (χ4v) is 2.94. The van der Waals surface area contributed by atoms with Crippen molar-refractivity contribution in [2.45, 2.75) is 6.54 Å². The van der Waals surface area contributed by atoms with Crippen LogP contribution in [0.25, 0.3) is 11.0 Å². The third-order valence-electron chi connectivity index (χ3n) is 3.50. The Labute approximate surface area is 121 Å². The van der Waals surface area contributed by atoms with E-state index in [-0.39, 0.29) is 0 Å². The molecule has 0 spiro atoms. The van der Waals surface area contributed by atoms with Gasteiger partial charge in [-0.25, -0.2) is 0 Å². The molecule has 0 bridgehead atoms. The van der Waals surface area contributed by atoms with Gasteiger partial charge in [0.2, 0.25) is 0 Å². The Morgan fingerprint density at radius 3 is 2.84 bits per heavy atom. The summed E-state index contributed by atoms with van der Waals surface area (Å²) in [4.78, 5) is 5.58. The summed E-state index contributed by atoms with van der Waals surface area (Å²) in [7, 11) is 0.